The van der Waals surface area contributed by atoms with Crippen molar-refractivity contribution in [3.05, 3.63) is 46.7 Å². The van der Waals surface area contributed by atoms with E-state index in [2.05, 4.69) is 40.7 Å². The summed E-state index contributed by atoms with van der Waals surface area (Å²) >= 11 is 0. The molecule has 0 amide bonds. The number of carbonyl (C=O) groups is 1. The van der Waals surface area contributed by atoms with E-state index in [0.717, 1.165) is 54.8 Å². The van der Waals surface area contributed by atoms with Crippen LogP contribution in [-0.2, 0) is 4.74 Å². The van der Waals surface area contributed by atoms with Gasteiger partial charge in [0.05, 0.1) is 5.56 Å². The number of ether oxygens (including phenoxy) is 1. The van der Waals surface area contributed by atoms with Gasteiger partial charge in [0.15, 0.2) is 5.69 Å². The lowest BCUT2D eigenvalue weighted by molar-refractivity contribution is -0.991. The second-order valence-electron chi connectivity index (χ2n) is 14.4. The van der Waals surface area contributed by atoms with Crippen LogP contribution in [0.25, 0.3) is 0 Å². The van der Waals surface area contributed by atoms with Crippen LogP contribution in [0.1, 0.15) is 116 Å². The van der Waals surface area contributed by atoms with Crippen LogP contribution in [0.4, 0.5) is 5.69 Å². The zero-order valence-corrected chi connectivity index (χ0v) is 24.9. The summed E-state index contributed by atoms with van der Waals surface area (Å²) in [6.45, 7) is 12.4. The predicted molar refractivity (Wildman–Crippen MR) is 154 cm³/mol. The van der Waals surface area contributed by atoms with E-state index < -0.39 is 5.23 Å². The van der Waals surface area contributed by atoms with Gasteiger partial charge in [-0.05, 0) is 103 Å². The van der Waals surface area contributed by atoms with Crippen LogP contribution in [0.15, 0.2) is 35.9 Å². The summed E-state index contributed by atoms with van der Waals surface area (Å²) in [5.74, 6) is 4.60. The third-order valence-electron chi connectivity index (χ3n) is 11.9. The van der Waals surface area contributed by atoms with E-state index in [4.69, 9.17) is 9.94 Å². The Morgan fingerprint density at radius 2 is 1.79 bits per heavy atom. The summed E-state index contributed by atoms with van der Waals surface area (Å²) in [5, 5.41) is 19.3. The molecule has 0 saturated heterocycles. The van der Waals surface area contributed by atoms with Crippen LogP contribution in [0, 0.1) is 51.5 Å². The molecule has 2 N–H and O–H groups in total. The third-order valence-corrected chi connectivity index (χ3v) is 11.9. The molecule has 0 heterocycles. The first-order valence-corrected chi connectivity index (χ1v) is 15.8. The molecule has 216 valence electrons. The van der Waals surface area contributed by atoms with E-state index >= 15 is 0 Å². The minimum absolute atomic E-state index is 0.0936. The zero-order valence-electron chi connectivity index (χ0n) is 24.9. The average Bonchev–Trinajstić information content (AvgIpc) is 3.26. The Labute approximate surface area is 235 Å². The molecule has 1 unspecified atom stereocenters. The fraction of sp³-hybridized carbons (Fsp3) is 0.735. The number of nitrogens with one attached hydrogen (secondary N) is 1. The topological polar surface area (TPSA) is 74.0 Å². The van der Waals surface area contributed by atoms with Crippen molar-refractivity contribution < 1.29 is 20.0 Å². The fourth-order valence-electron chi connectivity index (χ4n) is 9.72. The van der Waals surface area contributed by atoms with Crippen molar-refractivity contribution in [2.24, 2.45) is 46.3 Å². The van der Waals surface area contributed by atoms with Crippen LogP contribution >= 0.6 is 0 Å². The predicted octanol–water partition coefficient (Wildman–Crippen LogP) is 7.66. The fourth-order valence-corrected chi connectivity index (χ4v) is 9.72. The minimum Gasteiger partial charge on any atom is -0.595 e. The van der Waals surface area contributed by atoms with Crippen LogP contribution in [0.5, 0.6) is 0 Å². The second-order valence-corrected chi connectivity index (χ2v) is 14.4. The van der Waals surface area contributed by atoms with Gasteiger partial charge < -0.3 is 9.94 Å². The van der Waals surface area contributed by atoms with Crippen molar-refractivity contribution in [1.82, 2.24) is 0 Å². The van der Waals surface area contributed by atoms with Crippen molar-refractivity contribution in [2.75, 3.05) is 0 Å². The molecule has 3 saturated carbocycles. The quantitative estimate of drug-likeness (QED) is 0.203. The van der Waals surface area contributed by atoms with E-state index in [0.29, 0.717) is 11.0 Å². The first kappa shape index (κ1) is 28.8. The summed E-state index contributed by atoms with van der Waals surface area (Å²) in [4.78, 5) is 12.8. The number of hydrogen-bond donors (Lipinski definition) is 2. The molecule has 5 nitrogen and oxygen atoms in total. The molecule has 0 radical (unpaired) electrons. The number of allylic oxidation sites excluding steroid dienone is 1. The lowest BCUT2D eigenvalue weighted by Gasteiger charge is -2.58. The van der Waals surface area contributed by atoms with Crippen molar-refractivity contribution in [2.45, 2.75) is 111 Å². The van der Waals surface area contributed by atoms with Crippen molar-refractivity contribution >= 4 is 11.7 Å². The Kier molecular flexibility index (Phi) is 8.35. The van der Waals surface area contributed by atoms with Gasteiger partial charge in [-0.25, -0.2) is 10.0 Å². The van der Waals surface area contributed by atoms with Crippen LogP contribution < -0.4 is 5.23 Å². The van der Waals surface area contributed by atoms with Gasteiger partial charge in [0.2, 0.25) is 0 Å². The summed E-state index contributed by atoms with van der Waals surface area (Å²) < 4.78 is 5.95. The number of hydrogen-bond acceptors (Lipinski definition) is 4. The van der Waals surface area contributed by atoms with Crippen LogP contribution in [0.2, 0.25) is 0 Å². The van der Waals surface area contributed by atoms with Gasteiger partial charge in [-0.2, -0.15) is 5.23 Å². The van der Waals surface area contributed by atoms with Gasteiger partial charge >= 0.3 is 5.97 Å². The summed E-state index contributed by atoms with van der Waals surface area (Å²) in [6, 6.07) is 6.06. The molecular formula is C34H51NO4. The number of rotatable bonds is 8. The molecule has 1 aromatic rings. The largest absolute Gasteiger partial charge is 0.595 e. The monoisotopic (exact) mass is 537 g/mol. The van der Waals surface area contributed by atoms with Crippen molar-refractivity contribution in [3.8, 4) is 0 Å². The van der Waals surface area contributed by atoms with Gasteiger partial charge in [0, 0.05) is 18.6 Å². The SMILES string of the molecule is CC(C)CCC[C@@H](C)[C@@H]1CC[C@H]2[C@H]3CC=C4C[C@@H](OC(=O)c5ccc([NH+]([O-])O)cc5)CC[C@]4(C)[C@H]3CC[C@@]21C. The molecule has 1 aromatic carbocycles. The maximum absolute atomic E-state index is 12.8. The number of carbonyl (C=O) groups excluding carboxylic acids is 1. The Hall–Kier alpha value is -1.69. The van der Waals surface area contributed by atoms with Gasteiger partial charge in [-0.1, -0.05) is 65.5 Å². The molecule has 4 aliphatic rings. The van der Waals surface area contributed by atoms with E-state index in [-0.39, 0.29) is 23.2 Å². The Balaban J connectivity index is 1.23. The molecule has 3 fully saturated rings. The number of fused-ring (bicyclic) bond motifs is 5. The lowest BCUT2D eigenvalue weighted by atomic mass is 9.47. The summed E-state index contributed by atoms with van der Waals surface area (Å²) in [5.41, 5.74) is 2.86. The first-order chi connectivity index (χ1) is 18.5. The van der Waals surface area contributed by atoms with E-state index in [1.807, 2.05) is 0 Å². The zero-order chi connectivity index (χ0) is 27.9. The first-order valence-electron chi connectivity index (χ1n) is 15.8. The highest BCUT2D eigenvalue weighted by molar-refractivity contribution is 5.89. The van der Waals surface area contributed by atoms with Gasteiger partial charge in [0.25, 0.3) is 0 Å². The Morgan fingerprint density at radius 3 is 2.49 bits per heavy atom. The number of esters is 1. The molecule has 0 spiro atoms. The van der Waals surface area contributed by atoms with E-state index in [9.17, 15) is 10.0 Å². The van der Waals surface area contributed by atoms with Crippen molar-refractivity contribution in [3.63, 3.8) is 0 Å². The number of benzene rings is 1. The molecular weight excluding hydrogens is 486 g/mol. The maximum Gasteiger partial charge on any atom is 0.338 e. The van der Waals surface area contributed by atoms with E-state index in [1.165, 1.54) is 69.1 Å². The molecule has 0 aromatic heterocycles. The standard InChI is InChI=1S/C34H51NO4/c1-22(2)7-6-8-23(3)29-15-16-30-28-14-11-25-21-27(17-19-33(25,4)31(28)18-20-34(29,30)5)39-32(36)24-9-12-26(13-10-24)35(37)38/h9-13,22-23,27-31,35,37H,6-8,14-21H2,1-5H3/t23-,27+,28-,29+,30+,31+,33+,34-/m1/s1. The van der Waals surface area contributed by atoms with Gasteiger partial charge in [-0.15, -0.1) is 0 Å². The normalized spacial score (nSPS) is 37.3. The summed E-state index contributed by atoms with van der Waals surface area (Å²) in [7, 11) is 0. The van der Waals surface area contributed by atoms with Crippen LogP contribution in [-0.4, -0.2) is 17.3 Å². The Bertz CT molecular complexity index is 1050. The third kappa shape index (κ3) is 5.48. The highest BCUT2D eigenvalue weighted by atomic mass is 16.8. The second kappa shape index (κ2) is 11.3. The highest BCUT2D eigenvalue weighted by Crippen LogP contribution is 2.67. The molecule has 4 aliphatic carbocycles. The van der Waals surface area contributed by atoms with Crippen molar-refractivity contribution in [1.29, 1.82) is 0 Å². The molecule has 0 aliphatic heterocycles. The summed E-state index contributed by atoms with van der Waals surface area (Å²) in [6.07, 6.45) is 16.2. The van der Waals surface area contributed by atoms with Gasteiger partial charge in [0.1, 0.15) is 6.10 Å². The van der Waals surface area contributed by atoms with Gasteiger partial charge in [-0.3, -0.25) is 0 Å². The van der Waals surface area contributed by atoms with Crippen LogP contribution in [0.3, 0.4) is 0 Å². The Morgan fingerprint density at radius 1 is 1.05 bits per heavy atom. The highest BCUT2D eigenvalue weighted by Gasteiger charge is 2.59. The molecule has 9 atom stereocenters. The average molecular weight is 538 g/mol. The van der Waals surface area contributed by atoms with E-state index in [1.54, 1.807) is 12.1 Å². The maximum atomic E-state index is 12.8. The molecule has 5 rings (SSSR count). The smallest absolute Gasteiger partial charge is 0.338 e. The lowest BCUT2D eigenvalue weighted by Crippen LogP contribution is -2.99. The molecule has 0 bridgehead atoms. The number of quaternary nitrogens is 1. The molecule has 39 heavy (non-hydrogen) atoms. The molecule has 5 heteroatoms. The minimum atomic E-state index is -0.990.